The summed E-state index contributed by atoms with van der Waals surface area (Å²) in [7, 11) is 0. The molecule has 2 aromatic carbocycles. The molecule has 4 rings (SSSR count). The maximum Gasteiger partial charge on any atom is 0.407 e. The maximum atomic E-state index is 12.7. The predicted octanol–water partition coefficient (Wildman–Crippen LogP) is 4.45. The smallest absolute Gasteiger partial charge is 0.407 e. The van der Waals surface area contributed by atoms with Gasteiger partial charge in [0.25, 0.3) is 0 Å². The molecule has 0 bridgehead atoms. The first-order valence-corrected chi connectivity index (χ1v) is 12.1. The molecule has 180 valence electrons. The number of hydrogen-bond donors (Lipinski definition) is 3. The summed E-state index contributed by atoms with van der Waals surface area (Å²) in [4.78, 5) is 36.1. The molecule has 2 aromatic rings. The van der Waals surface area contributed by atoms with Gasteiger partial charge in [0, 0.05) is 24.4 Å². The number of carbonyl (C=O) groups excluding carboxylic acids is 2. The molecule has 2 aliphatic carbocycles. The van der Waals surface area contributed by atoms with Gasteiger partial charge < -0.3 is 20.5 Å². The number of benzene rings is 2. The quantitative estimate of drug-likeness (QED) is 0.508. The van der Waals surface area contributed by atoms with Crippen LogP contribution < -0.4 is 10.6 Å². The van der Waals surface area contributed by atoms with Crippen molar-refractivity contribution in [1.29, 1.82) is 0 Å². The number of fused-ring (bicyclic) bond motifs is 3. The van der Waals surface area contributed by atoms with E-state index in [2.05, 4.69) is 34.9 Å². The molecule has 3 N–H and O–H groups in total. The minimum absolute atomic E-state index is 0.00325. The maximum absolute atomic E-state index is 12.7. The highest BCUT2D eigenvalue weighted by molar-refractivity contribution is 5.79. The third-order valence-corrected chi connectivity index (χ3v) is 7.03. The molecule has 7 nitrogen and oxygen atoms in total. The second-order valence-electron chi connectivity index (χ2n) is 9.24. The van der Waals surface area contributed by atoms with Gasteiger partial charge in [0.2, 0.25) is 5.91 Å². The van der Waals surface area contributed by atoms with E-state index in [1.807, 2.05) is 31.2 Å². The lowest BCUT2D eigenvalue weighted by Crippen LogP contribution is -2.42. The lowest BCUT2D eigenvalue weighted by atomic mass is 9.98. The third-order valence-electron chi connectivity index (χ3n) is 7.03. The van der Waals surface area contributed by atoms with Gasteiger partial charge in [-0.3, -0.25) is 9.59 Å². The van der Waals surface area contributed by atoms with Gasteiger partial charge in [-0.15, -0.1) is 0 Å². The van der Waals surface area contributed by atoms with Crippen LogP contribution in [0.3, 0.4) is 0 Å². The number of carboxylic acid groups (broad SMARTS) is 1. The van der Waals surface area contributed by atoms with Crippen molar-refractivity contribution in [2.24, 2.45) is 5.92 Å². The largest absolute Gasteiger partial charge is 0.481 e. The van der Waals surface area contributed by atoms with Gasteiger partial charge in [0.15, 0.2) is 0 Å². The molecule has 0 heterocycles. The van der Waals surface area contributed by atoms with E-state index in [9.17, 15) is 14.4 Å². The molecular weight excluding hydrogens is 432 g/mol. The van der Waals surface area contributed by atoms with E-state index in [1.54, 1.807) is 0 Å². The second-order valence-corrected chi connectivity index (χ2v) is 9.24. The van der Waals surface area contributed by atoms with Crippen LogP contribution >= 0.6 is 0 Å². The van der Waals surface area contributed by atoms with Crippen LogP contribution in [0.2, 0.25) is 0 Å². The normalized spacial score (nSPS) is 19.7. The Morgan fingerprint density at radius 2 is 1.68 bits per heavy atom. The molecule has 0 spiro atoms. The monoisotopic (exact) mass is 464 g/mol. The molecule has 2 aliphatic rings. The van der Waals surface area contributed by atoms with Gasteiger partial charge in [-0.2, -0.15) is 0 Å². The summed E-state index contributed by atoms with van der Waals surface area (Å²) >= 11 is 0. The van der Waals surface area contributed by atoms with Crippen LogP contribution in [-0.2, 0) is 14.3 Å². The molecular formula is C27H32N2O5. The molecule has 0 aromatic heterocycles. The molecule has 1 fully saturated rings. The van der Waals surface area contributed by atoms with Crippen molar-refractivity contribution < 1.29 is 24.2 Å². The van der Waals surface area contributed by atoms with Gasteiger partial charge in [-0.1, -0.05) is 61.9 Å². The molecule has 0 saturated heterocycles. The summed E-state index contributed by atoms with van der Waals surface area (Å²) < 4.78 is 5.66. The van der Waals surface area contributed by atoms with E-state index in [1.165, 1.54) is 22.3 Å². The van der Waals surface area contributed by atoms with Crippen molar-refractivity contribution in [2.75, 3.05) is 6.61 Å². The minimum Gasteiger partial charge on any atom is -0.481 e. The average Bonchev–Trinajstić information content (AvgIpc) is 3.38. The summed E-state index contributed by atoms with van der Waals surface area (Å²) in [6.45, 7) is 2.11. The Labute approximate surface area is 199 Å². The number of ether oxygens (including phenoxy) is 1. The number of hydrogen-bond acceptors (Lipinski definition) is 4. The van der Waals surface area contributed by atoms with Crippen molar-refractivity contribution in [1.82, 2.24) is 10.6 Å². The Morgan fingerprint density at radius 1 is 1.03 bits per heavy atom. The highest BCUT2D eigenvalue weighted by Gasteiger charge is 2.33. The van der Waals surface area contributed by atoms with Gasteiger partial charge >= 0.3 is 12.1 Å². The molecule has 2 amide bonds. The zero-order chi connectivity index (χ0) is 24.1. The van der Waals surface area contributed by atoms with E-state index in [4.69, 9.17) is 9.84 Å². The van der Waals surface area contributed by atoms with Crippen LogP contribution in [0.5, 0.6) is 0 Å². The molecule has 3 atom stereocenters. The SMILES string of the molecule is CC[C@@H](CC(=O)O)NC(=O)C[C@@H]1CCC[C@H]1NC(=O)OCC1c2ccccc2-c2ccccc21. The van der Waals surface area contributed by atoms with E-state index < -0.39 is 12.1 Å². The fraction of sp³-hybridized carbons (Fsp3) is 0.444. The lowest BCUT2D eigenvalue weighted by Gasteiger charge is -2.22. The number of alkyl carbamates (subject to hydrolysis) is 1. The van der Waals surface area contributed by atoms with Crippen LogP contribution in [0.25, 0.3) is 11.1 Å². The standard InChI is InChI=1S/C27H32N2O5/c1-2-18(15-26(31)32)28-25(30)14-17-8-7-13-24(17)29-27(33)34-16-23-21-11-5-3-9-19(21)20-10-4-6-12-22(20)23/h3-6,9-12,17-18,23-24H,2,7-8,13-16H2,1H3,(H,28,30)(H,29,33)(H,31,32)/t17-,18-,24+/m0/s1. The number of amides is 2. The predicted molar refractivity (Wildman–Crippen MR) is 128 cm³/mol. The average molecular weight is 465 g/mol. The summed E-state index contributed by atoms with van der Waals surface area (Å²) in [5.41, 5.74) is 4.70. The Kier molecular flexibility index (Phi) is 7.50. The van der Waals surface area contributed by atoms with Crippen molar-refractivity contribution in [3.05, 3.63) is 59.7 Å². The summed E-state index contributed by atoms with van der Waals surface area (Å²) in [5.74, 6) is -1.08. The molecule has 0 radical (unpaired) electrons. The van der Waals surface area contributed by atoms with Gasteiger partial charge in [-0.05, 0) is 47.4 Å². The minimum atomic E-state index is -0.928. The van der Waals surface area contributed by atoms with E-state index in [0.717, 1.165) is 19.3 Å². The van der Waals surface area contributed by atoms with E-state index in [-0.39, 0.29) is 49.3 Å². The van der Waals surface area contributed by atoms with Crippen molar-refractivity contribution in [2.45, 2.75) is 63.5 Å². The summed E-state index contributed by atoms with van der Waals surface area (Å²) in [6.07, 6.45) is 2.85. The van der Waals surface area contributed by atoms with Crippen LogP contribution in [0.15, 0.2) is 48.5 Å². The van der Waals surface area contributed by atoms with Crippen LogP contribution in [0.4, 0.5) is 4.79 Å². The number of carbonyl (C=O) groups is 3. The zero-order valence-corrected chi connectivity index (χ0v) is 19.5. The van der Waals surface area contributed by atoms with Crippen molar-refractivity contribution >= 4 is 18.0 Å². The van der Waals surface area contributed by atoms with E-state index >= 15 is 0 Å². The van der Waals surface area contributed by atoms with Crippen LogP contribution in [0.1, 0.15) is 62.5 Å². The first-order chi connectivity index (χ1) is 16.5. The first kappa shape index (κ1) is 23.8. The first-order valence-electron chi connectivity index (χ1n) is 12.1. The van der Waals surface area contributed by atoms with Crippen molar-refractivity contribution in [3.63, 3.8) is 0 Å². The second kappa shape index (κ2) is 10.7. The third kappa shape index (κ3) is 5.41. The van der Waals surface area contributed by atoms with Crippen LogP contribution in [0, 0.1) is 5.92 Å². The van der Waals surface area contributed by atoms with E-state index in [0.29, 0.717) is 6.42 Å². The Morgan fingerprint density at radius 3 is 2.29 bits per heavy atom. The number of nitrogens with one attached hydrogen (secondary N) is 2. The highest BCUT2D eigenvalue weighted by Crippen LogP contribution is 2.44. The Hall–Kier alpha value is -3.35. The lowest BCUT2D eigenvalue weighted by molar-refractivity contribution is -0.137. The fourth-order valence-electron chi connectivity index (χ4n) is 5.30. The van der Waals surface area contributed by atoms with Crippen molar-refractivity contribution in [3.8, 4) is 11.1 Å². The summed E-state index contributed by atoms with van der Waals surface area (Å²) in [6, 6.07) is 15.9. The Balaban J connectivity index is 1.31. The molecule has 0 unspecified atom stereocenters. The number of aliphatic carboxylic acids is 1. The molecule has 7 heteroatoms. The van der Waals surface area contributed by atoms with Gasteiger partial charge in [0.05, 0.1) is 6.42 Å². The summed E-state index contributed by atoms with van der Waals surface area (Å²) in [5, 5.41) is 14.8. The molecule has 0 aliphatic heterocycles. The van der Waals surface area contributed by atoms with Gasteiger partial charge in [-0.25, -0.2) is 4.79 Å². The fourth-order valence-corrected chi connectivity index (χ4v) is 5.30. The topological polar surface area (TPSA) is 105 Å². The Bertz CT molecular complexity index is 1010. The zero-order valence-electron chi connectivity index (χ0n) is 19.5. The highest BCUT2D eigenvalue weighted by atomic mass is 16.5. The number of carboxylic acids is 1. The van der Waals surface area contributed by atoms with Crippen LogP contribution in [-0.4, -0.2) is 41.8 Å². The molecule has 1 saturated carbocycles. The molecule has 34 heavy (non-hydrogen) atoms. The number of rotatable bonds is 9. The van der Waals surface area contributed by atoms with Gasteiger partial charge in [0.1, 0.15) is 6.61 Å².